The lowest BCUT2D eigenvalue weighted by molar-refractivity contribution is -0.119. The van der Waals surface area contributed by atoms with Crippen molar-refractivity contribution in [1.82, 2.24) is 4.37 Å². The molecular weight excluding hydrogens is 236 g/mol. The minimum atomic E-state index is -0.193. The molecule has 0 aliphatic carbocycles. The third-order valence-corrected chi connectivity index (χ3v) is 4.35. The van der Waals surface area contributed by atoms with Gasteiger partial charge in [0.2, 0.25) is 5.91 Å². The summed E-state index contributed by atoms with van der Waals surface area (Å²) in [6.07, 6.45) is 2.54. The average molecular weight is 254 g/mol. The van der Waals surface area contributed by atoms with Gasteiger partial charge >= 0.3 is 0 Å². The van der Waals surface area contributed by atoms with Crippen LogP contribution in [-0.2, 0) is 4.79 Å². The van der Waals surface area contributed by atoms with E-state index in [-0.39, 0.29) is 5.91 Å². The Bertz CT molecular complexity index is 410. The molecule has 1 amide bonds. The number of anilines is 2. The molecule has 6 heteroatoms. The number of rotatable bonds is 3. The number of hydrogen-bond donors (Lipinski definition) is 2. The molecule has 0 aromatic carbocycles. The smallest absolute Gasteiger partial charge is 0.217 e. The molecule has 0 radical (unpaired) electrons. The van der Waals surface area contributed by atoms with E-state index >= 15 is 0 Å². The second-order valence-electron chi connectivity index (χ2n) is 4.60. The van der Waals surface area contributed by atoms with Crippen LogP contribution in [0.2, 0.25) is 0 Å². The Labute approximate surface area is 105 Å². The zero-order chi connectivity index (χ0) is 12.4. The van der Waals surface area contributed by atoms with Crippen LogP contribution in [0.3, 0.4) is 0 Å². The highest BCUT2D eigenvalue weighted by Crippen LogP contribution is 2.33. The molecule has 0 saturated carbocycles. The van der Waals surface area contributed by atoms with E-state index in [4.69, 9.17) is 11.5 Å². The third-order valence-electron chi connectivity index (χ3n) is 3.33. The van der Waals surface area contributed by atoms with Gasteiger partial charge in [-0.2, -0.15) is 4.37 Å². The Hall–Kier alpha value is -1.30. The number of amides is 1. The van der Waals surface area contributed by atoms with Gasteiger partial charge in [-0.05, 0) is 37.2 Å². The number of carbonyl (C=O) groups excluding carboxylic acids is 1. The zero-order valence-corrected chi connectivity index (χ0v) is 10.8. The highest BCUT2D eigenvalue weighted by molar-refractivity contribution is 7.10. The summed E-state index contributed by atoms with van der Waals surface area (Å²) in [5.41, 5.74) is 12.0. The Balaban J connectivity index is 1.95. The first-order chi connectivity index (χ1) is 8.08. The molecule has 1 saturated heterocycles. The molecule has 0 spiro atoms. The number of nitrogens with zero attached hydrogens (tertiary/aromatic N) is 2. The summed E-state index contributed by atoms with van der Waals surface area (Å²) in [4.78, 5) is 13.2. The molecule has 1 aromatic rings. The summed E-state index contributed by atoms with van der Waals surface area (Å²) < 4.78 is 4.16. The highest BCUT2D eigenvalue weighted by atomic mass is 32.1. The van der Waals surface area contributed by atoms with Gasteiger partial charge in [-0.1, -0.05) is 0 Å². The van der Waals surface area contributed by atoms with Gasteiger partial charge in [0.05, 0.1) is 0 Å². The molecule has 0 atom stereocenters. The van der Waals surface area contributed by atoms with Gasteiger partial charge in [-0.25, -0.2) is 0 Å². The summed E-state index contributed by atoms with van der Waals surface area (Å²) >= 11 is 1.46. The standard InChI is InChI=1S/C11H18N4OS/c1-7-10(13)14-17-11(7)15-4-2-8(3-5-15)6-9(12)16/h8H,2-6H2,1H3,(H2,12,16)(H2,13,14). The molecule has 2 heterocycles. The van der Waals surface area contributed by atoms with Crippen LogP contribution >= 0.6 is 11.5 Å². The number of hydrogen-bond acceptors (Lipinski definition) is 5. The van der Waals surface area contributed by atoms with Crippen LogP contribution in [0.4, 0.5) is 10.8 Å². The van der Waals surface area contributed by atoms with Crippen LogP contribution in [0.15, 0.2) is 0 Å². The summed E-state index contributed by atoms with van der Waals surface area (Å²) in [5.74, 6) is 0.875. The number of piperidine rings is 1. The number of carbonyl (C=O) groups is 1. The molecular formula is C11H18N4OS. The monoisotopic (exact) mass is 254 g/mol. The summed E-state index contributed by atoms with van der Waals surface area (Å²) in [6, 6.07) is 0. The van der Waals surface area contributed by atoms with Crippen molar-refractivity contribution in [2.24, 2.45) is 11.7 Å². The van der Waals surface area contributed by atoms with Gasteiger partial charge in [-0.3, -0.25) is 4.79 Å². The highest BCUT2D eigenvalue weighted by Gasteiger charge is 2.23. The molecule has 1 aliphatic rings. The summed E-state index contributed by atoms with van der Waals surface area (Å²) in [7, 11) is 0. The first kappa shape index (κ1) is 12.2. The minimum Gasteiger partial charge on any atom is -0.383 e. The predicted octanol–water partition coefficient (Wildman–Crippen LogP) is 1.13. The maximum atomic E-state index is 10.9. The van der Waals surface area contributed by atoms with Crippen LogP contribution in [0.5, 0.6) is 0 Å². The van der Waals surface area contributed by atoms with E-state index in [1.54, 1.807) is 0 Å². The molecule has 0 unspecified atom stereocenters. The quantitative estimate of drug-likeness (QED) is 0.846. The van der Waals surface area contributed by atoms with Gasteiger partial charge in [0.15, 0.2) is 0 Å². The Kier molecular flexibility index (Phi) is 3.51. The average Bonchev–Trinajstić information content (AvgIpc) is 2.60. The van der Waals surface area contributed by atoms with E-state index in [0.717, 1.165) is 31.5 Å². The minimum absolute atomic E-state index is 0.193. The Morgan fingerprint density at radius 2 is 2.18 bits per heavy atom. The maximum Gasteiger partial charge on any atom is 0.217 e. The van der Waals surface area contributed by atoms with E-state index in [1.165, 1.54) is 16.5 Å². The van der Waals surface area contributed by atoms with Crippen molar-refractivity contribution >= 4 is 28.3 Å². The van der Waals surface area contributed by atoms with Crippen molar-refractivity contribution in [3.8, 4) is 0 Å². The fourth-order valence-corrected chi connectivity index (χ4v) is 3.12. The Morgan fingerprint density at radius 3 is 2.65 bits per heavy atom. The fourth-order valence-electron chi connectivity index (χ4n) is 2.26. The van der Waals surface area contributed by atoms with Crippen molar-refractivity contribution < 1.29 is 4.79 Å². The normalized spacial score (nSPS) is 17.4. The fraction of sp³-hybridized carbons (Fsp3) is 0.636. The van der Waals surface area contributed by atoms with Crippen LogP contribution in [0.25, 0.3) is 0 Å². The van der Waals surface area contributed by atoms with Gasteiger partial charge in [-0.15, -0.1) is 0 Å². The molecule has 1 aromatic heterocycles. The molecule has 1 fully saturated rings. The van der Waals surface area contributed by atoms with E-state index in [9.17, 15) is 4.79 Å². The predicted molar refractivity (Wildman–Crippen MR) is 70.0 cm³/mol. The van der Waals surface area contributed by atoms with Crippen molar-refractivity contribution in [3.63, 3.8) is 0 Å². The van der Waals surface area contributed by atoms with E-state index in [2.05, 4.69) is 9.27 Å². The van der Waals surface area contributed by atoms with Crippen LogP contribution < -0.4 is 16.4 Å². The van der Waals surface area contributed by atoms with E-state index < -0.39 is 0 Å². The second kappa shape index (κ2) is 4.91. The molecule has 2 rings (SSSR count). The second-order valence-corrected chi connectivity index (χ2v) is 5.35. The molecule has 94 valence electrons. The van der Waals surface area contributed by atoms with E-state index in [1.807, 2.05) is 6.92 Å². The van der Waals surface area contributed by atoms with Crippen molar-refractivity contribution in [3.05, 3.63) is 5.56 Å². The van der Waals surface area contributed by atoms with Crippen LogP contribution in [-0.4, -0.2) is 23.4 Å². The van der Waals surface area contributed by atoms with Gasteiger partial charge in [0, 0.05) is 25.1 Å². The molecule has 1 aliphatic heterocycles. The summed E-state index contributed by atoms with van der Waals surface area (Å²) in [5, 5.41) is 1.17. The maximum absolute atomic E-state index is 10.9. The zero-order valence-electron chi connectivity index (χ0n) is 9.98. The first-order valence-corrected chi connectivity index (χ1v) is 6.60. The number of aromatic nitrogens is 1. The van der Waals surface area contributed by atoms with Gasteiger partial charge < -0.3 is 16.4 Å². The molecule has 4 N–H and O–H groups in total. The van der Waals surface area contributed by atoms with Crippen LogP contribution in [0.1, 0.15) is 24.8 Å². The van der Waals surface area contributed by atoms with E-state index in [0.29, 0.717) is 18.2 Å². The number of nitrogen functional groups attached to an aromatic ring is 1. The Morgan fingerprint density at radius 1 is 1.53 bits per heavy atom. The lowest BCUT2D eigenvalue weighted by Gasteiger charge is -2.32. The molecule has 0 bridgehead atoms. The van der Waals surface area contributed by atoms with Gasteiger partial charge in [0.25, 0.3) is 0 Å². The first-order valence-electron chi connectivity index (χ1n) is 5.83. The molecule has 5 nitrogen and oxygen atoms in total. The lowest BCUT2D eigenvalue weighted by Crippen LogP contribution is -2.34. The largest absolute Gasteiger partial charge is 0.383 e. The van der Waals surface area contributed by atoms with Crippen LogP contribution in [0, 0.1) is 12.8 Å². The third kappa shape index (κ3) is 2.69. The summed E-state index contributed by atoms with van der Waals surface area (Å²) in [6.45, 7) is 3.92. The SMILES string of the molecule is Cc1c(N)nsc1N1CCC(CC(N)=O)CC1. The van der Waals surface area contributed by atoms with Crippen molar-refractivity contribution in [2.75, 3.05) is 23.7 Å². The van der Waals surface area contributed by atoms with Gasteiger partial charge in [0.1, 0.15) is 10.8 Å². The topological polar surface area (TPSA) is 85.2 Å². The number of nitrogens with two attached hydrogens (primary N) is 2. The number of primary amides is 1. The lowest BCUT2D eigenvalue weighted by atomic mass is 9.93. The molecule has 17 heavy (non-hydrogen) atoms. The van der Waals surface area contributed by atoms with Crippen molar-refractivity contribution in [1.29, 1.82) is 0 Å². The van der Waals surface area contributed by atoms with Crippen molar-refractivity contribution in [2.45, 2.75) is 26.2 Å².